The molecule has 1 fully saturated rings. The Labute approximate surface area is 75.4 Å². The summed E-state index contributed by atoms with van der Waals surface area (Å²) in [7, 11) is 0. The zero-order chi connectivity index (χ0) is 10.0. The normalized spacial score (nSPS) is 46.4. The molecule has 6 heteroatoms. The molecule has 0 radical (unpaired) electrons. The molecule has 78 valence electrons. The summed E-state index contributed by atoms with van der Waals surface area (Å²) >= 11 is 0. The average molecular weight is 193 g/mol. The molecule has 1 rings (SSSR count). The zero-order valence-corrected chi connectivity index (χ0v) is 7.04. The lowest BCUT2D eigenvalue weighted by Crippen LogP contribution is -2.66. The van der Waals surface area contributed by atoms with Crippen molar-refractivity contribution in [1.29, 1.82) is 0 Å². The van der Waals surface area contributed by atoms with E-state index in [1.54, 1.807) is 0 Å². The number of aliphatic hydroxyl groups excluding tert-OH is 5. The van der Waals surface area contributed by atoms with E-state index in [-0.39, 0.29) is 13.2 Å². The molecule has 4 atom stereocenters. The molecule has 0 spiro atoms. The van der Waals surface area contributed by atoms with Crippen molar-refractivity contribution in [1.82, 2.24) is 5.32 Å². The molecule has 1 saturated heterocycles. The van der Waals surface area contributed by atoms with E-state index in [0.29, 0.717) is 0 Å². The molecule has 0 aromatic heterocycles. The van der Waals surface area contributed by atoms with Crippen LogP contribution >= 0.6 is 0 Å². The highest BCUT2D eigenvalue weighted by Gasteiger charge is 2.41. The Morgan fingerprint density at radius 3 is 1.46 bits per heavy atom. The van der Waals surface area contributed by atoms with Crippen molar-refractivity contribution >= 4 is 0 Å². The van der Waals surface area contributed by atoms with Crippen molar-refractivity contribution in [3.63, 3.8) is 0 Å². The van der Waals surface area contributed by atoms with E-state index < -0.39 is 30.4 Å². The molecular weight excluding hydrogens is 178 g/mol. The standard InChI is InChI=1S/C7H15NO5/c9-1-3-5(11)7(13)6(12)4(2-10)8-3/h3-13H,1-2H2/t3-,4-,5+,6+/m1/s1. The highest BCUT2D eigenvalue weighted by Crippen LogP contribution is 2.14. The van der Waals surface area contributed by atoms with Gasteiger partial charge < -0.3 is 30.8 Å². The highest BCUT2D eigenvalue weighted by molar-refractivity contribution is 4.97. The summed E-state index contributed by atoms with van der Waals surface area (Å²) in [5.41, 5.74) is 0. The van der Waals surface area contributed by atoms with Gasteiger partial charge in [0.15, 0.2) is 0 Å². The Bertz CT molecular complexity index is 147. The van der Waals surface area contributed by atoms with Crippen LogP contribution in [0.3, 0.4) is 0 Å². The maximum Gasteiger partial charge on any atom is 0.109 e. The minimum atomic E-state index is -1.34. The molecule has 0 saturated carbocycles. The van der Waals surface area contributed by atoms with Crippen molar-refractivity contribution < 1.29 is 25.5 Å². The fraction of sp³-hybridized carbons (Fsp3) is 1.00. The van der Waals surface area contributed by atoms with Crippen LogP contribution in [-0.2, 0) is 0 Å². The van der Waals surface area contributed by atoms with E-state index in [4.69, 9.17) is 10.2 Å². The first-order valence-corrected chi connectivity index (χ1v) is 4.13. The molecule has 0 bridgehead atoms. The summed E-state index contributed by atoms with van der Waals surface area (Å²) in [5, 5.41) is 48.1. The highest BCUT2D eigenvalue weighted by atomic mass is 16.4. The predicted octanol–water partition coefficient (Wildman–Crippen LogP) is -3.61. The van der Waals surface area contributed by atoms with Gasteiger partial charge in [-0.05, 0) is 0 Å². The average Bonchev–Trinajstić information content (AvgIpc) is 2.15. The van der Waals surface area contributed by atoms with Crippen LogP contribution in [0.5, 0.6) is 0 Å². The molecule has 0 amide bonds. The minimum Gasteiger partial charge on any atom is -0.395 e. The quantitative estimate of drug-likeness (QED) is 0.270. The summed E-state index contributed by atoms with van der Waals surface area (Å²) in [4.78, 5) is 0. The second kappa shape index (κ2) is 4.32. The van der Waals surface area contributed by atoms with Crippen LogP contribution in [0.2, 0.25) is 0 Å². The summed E-state index contributed by atoms with van der Waals surface area (Å²) in [6.45, 7) is -0.719. The topological polar surface area (TPSA) is 113 Å². The van der Waals surface area contributed by atoms with Gasteiger partial charge in [-0.25, -0.2) is 0 Å². The Morgan fingerprint density at radius 1 is 0.769 bits per heavy atom. The van der Waals surface area contributed by atoms with Crippen LogP contribution in [0, 0.1) is 0 Å². The van der Waals surface area contributed by atoms with Crippen LogP contribution in [0.25, 0.3) is 0 Å². The maximum absolute atomic E-state index is 9.31. The maximum atomic E-state index is 9.31. The van der Waals surface area contributed by atoms with Gasteiger partial charge in [0.2, 0.25) is 0 Å². The Balaban J connectivity index is 2.66. The van der Waals surface area contributed by atoms with Crippen molar-refractivity contribution in [2.45, 2.75) is 30.4 Å². The third-order valence-electron chi connectivity index (χ3n) is 2.35. The van der Waals surface area contributed by atoms with Gasteiger partial charge in [0, 0.05) is 0 Å². The Kier molecular flexibility index (Phi) is 3.60. The fourth-order valence-corrected chi connectivity index (χ4v) is 1.47. The van der Waals surface area contributed by atoms with Gasteiger partial charge in [-0.2, -0.15) is 0 Å². The largest absolute Gasteiger partial charge is 0.395 e. The van der Waals surface area contributed by atoms with Gasteiger partial charge in [0.25, 0.3) is 0 Å². The van der Waals surface area contributed by atoms with Gasteiger partial charge in [-0.3, -0.25) is 0 Å². The second-order valence-electron chi connectivity index (χ2n) is 3.22. The van der Waals surface area contributed by atoms with Crippen molar-refractivity contribution in [3.05, 3.63) is 0 Å². The van der Waals surface area contributed by atoms with Crippen LogP contribution in [-0.4, -0.2) is 69.1 Å². The van der Waals surface area contributed by atoms with Crippen LogP contribution in [0.15, 0.2) is 0 Å². The molecule has 0 aliphatic carbocycles. The Hall–Kier alpha value is -0.240. The van der Waals surface area contributed by atoms with Crippen molar-refractivity contribution in [2.24, 2.45) is 0 Å². The summed E-state index contributed by atoms with van der Waals surface area (Å²) in [6.07, 6.45) is -3.78. The van der Waals surface area contributed by atoms with Gasteiger partial charge in [-0.1, -0.05) is 0 Å². The molecule has 0 unspecified atom stereocenters. The first-order valence-electron chi connectivity index (χ1n) is 4.13. The number of hydrogen-bond donors (Lipinski definition) is 6. The van der Waals surface area contributed by atoms with Crippen molar-refractivity contribution in [3.8, 4) is 0 Å². The first-order chi connectivity index (χ1) is 6.11. The minimum absolute atomic E-state index is 0.360. The van der Waals surface area contributed by atoms with E-state index in [0.717, 1.165) is 0 Å². The van der Waals surface area contributed by atoms with E-state index in [9.17, 15) is 15.3 Å². The van der Waals surface area contributed by atoms with Gasteiger partial charge in [0.05, 0.1) is 37.5 Å². The second-order valence-corrected chi connectivity index (χ2v) is 3.22. The lowest BCUT2D eigenvalue weighted by molar-refractivity contribution is -0.125. The number of hydrogen-bond acceptors (Lipinski definition) is 6. The van der Waals surface area contributed by atoms with Gasteiger partial charge in [0.1, 0.15) is 6.10 Å². The molecule has 6 nitrogen and oxygen atoms in total. The fourth-order valence-electron chi connectivity index (χ4n) is 1.47. The third kappa shape index (κ3) is 1.98. The van der Waals surface area contributed by atoms with Crippen LogP contribution < -0.4 is 5.32 Å². The predicted molar refractivity (Wildman–Crippen MR) is 42.9 cm³/mol. The van der Waals surface area contributed by atoms with Gasteiger partial charge >= 0.3 is 0 Å². The molecule has 6 N–H and O–H groups in total. The van der Waals surface area contributed by atoms with E-state index >= 15 is 0 Å². The molecule has 1 aliphatic rings. The smallest absolute Gasteiger partial charge is 0.109 e. The molecular formula is C7H15NO5. The summed E-state index contributed by atoms with van der Waals surface area (Å²) < 4.78 is 0. The molecule has 0 aromatic carbocycles. The lowest BCUT2D eigenvalue weighted by Gasteiger charge is -2.40. The molecule has 0 aromatic rings. The summed E-state index contributed by atoms with van der Waals surface area (Å²) in [6, 6.07) is -1.42. The first kappa shape index (κ1) is 10.8. The summed E-state index contributed by atoms with van der Waals surface area (Å²) in [5.74, 6) is 0. The molecule has 1 heterocycles. The number of aliphatic hydroxyl groups is 5. The van der Waals surface area contributed by atoms with E-state index in [1.165, 1.54) is 0 Å². The molecule has 1 aliphatic heterocycles. The van der Waals surface area contributed by atoms with E-state index in [2.05, 4.69) is 5.32 Å². The SMILES string of the molecule is OC[C@H]1N[C@H](CO)[C@H](O)C(O)[C@H]1O. The lowest BCUT2D eigenvalue weighted by atomic mass is 9.91. The molecule has 13 heavy (non-hydrogen) atoms. The number of piperidine rings is 1. The monoisotopic (exact) mass is 193 g/mol. The van der Waals surface area contributed by atoms with Crippen LogP contribution in [0.1, 0.15) is 0 Å². The van der Waals surface area contributed by atoms with E-state index in [1.807, 2.05) is 0 Å². The third-order valence-corrected chi connectivity index (χ3v) is 2.35. The number of rotatable bonds is 2. The Morgan fingerprint density at radius 2 is 1.15 bits per heavy atom. The number of nitrogens with one attached hydrogen (secondary N) is 1. The van der Waals surface area contributed by atoms with Gasteiger partial charge in [-0.15, -0.1) is 0 Å². The zero-order valence-electron chi connectivity index (χ0n) is 7.04. The van der Waals surface area contributed by atoms with Crippen molar-refractivity contribution in [2.75, 3.05) is 13.2 Å². The van der Waals surface area contributed by atoms with Crippen LogP contribution in [0.4, 0.5) is 0 Å².